The van der Waals surface area contributed by atoms with Crippen LogP contribution in [0.15, 0.2) is 30.5 Å². The van der Waals surface area contributed by atoms with E-state index in [2.05, 4.69) is 5.10 Å². The highest BCUT2D eigenvalue weighted by Crippen LogP contribution is 2.24. The standard InChI is InChI=1S/C17H20FN3O/c1-12-16(11-19-20(12)2)17(22)21-8-4-7-15(21)10-13-5-3-6-14(18)9-13/h3,5-6,9,11,15H,4,7-8,10H2,1-2H3/t15-/m1/s1. The van der Waals surface area contributed by atoms with E-state index in [1.807, 2.05) is 24.9 Å². The van der Waals surface area contributed by atoms with Crippen molar-refractivity contribution in [2.75, 3.05) is 6.54 Å². The lowest BCUT2D eigenvalue weighted by Crippen LogP contribution is -2.37. The van der Waals surface area contributed by atoms with E-state index in [-0.39, 0.29) is 17.8 Å². The summed E-state index contributed by atoms with van der Waals surface area (Å²) in [6, 6.07) is 6.76. The van der Waals surface area contributed by atoms with Crippen molar-refractivity contribution in [3.05, 3.63) is 53.1 Å². The molecule has 1 atom stereocenters. The summed E-state index contributed by atoms with van der Waals surface area (Å²) >= 11 is 0. The molecule has 1 aliphatic heterocycles. The second-order valence-electron chi connectivity index (χ2n) is 5.90. The second-order valence-corrected chi connectivity index (χ2v) is 5.90. The number of hydrogen-bond donors (Lipinski definition) is 0. The van der Waals surface area contributed by atoms with Gasteiger partial charge in [0.15, 0.2) is 0 Å². The maximum Gasteiger partial charge on any atom is 0.257 e. The van der Waals surface area contributed by atoms with Gasteiger partial charge in [0.1, 0.15) is 5.82 Å². The van der Waals surface area contributed by atoms with Crippen molar-refractivity contribution in [1.82, 2.24) is 14.7 Å². The third-order valence-electron chi connectivity index (χ3n) is 4.46. The number of nitrogens with zero attached hydrogens (tertiary/aromatic N) is 3. The van der Waals surface area contributed by atoms with E-state index in [0.29, 0.717) is 12.0 Å². The van der Waals surface area contributed by atoms with E-state index in [0.717, 1.165) is 30.6 Å². The van der Waals surface area contributed by atoms with Crippen molar-refractivity contribution >= 4 is 5.91 Å². The summed E-state index contributed by atoms with van der Waals surface area (Å²) in [7, 11) is 1.83. The van der Waals surface area contributed by atoms with Gasteiger partial charge in [0.05, 0.1) is 11.8 Å². The van der Waals surface area contributed by atoms with Crippen LogP contribution in [0, 0.1) is 12.7 Å². The van der Waals surface area contributed by atoms with Gasteiger partial charge < -0.3 is 4.90 Å². The van der Waals surface area contributed by atoms with Gasteiger partial charge in [-0.25, -0.2) is 4.39 Å². The normalized spacial score (nSPS) is 18.0. The summed E-state index contributed by atoms with van der Waals surface area (Å²) in [6.07, 6.45) is 4.28. The van der Waals surface area contributed by atoms with Gasteiger partial charge >= 0.3 is 0 Å². The summed E-state index contributed by atoms with van der Waals surface area (Å²) < 4.78 is 15.0. The summed E-state index contributed by atoms with van der Waals surface area (Å²) in [5.74, 6) is -0.194. The lowest BCUT2D eigenvalue weighted by atomic mass is 10.0. The van der Waals surface area contributed by atoms with Crippen LogP contribution in [0.5, 0.6) is 0 Å². The average Bonchev–Trinajstić information content (AvgIpc) is 3.07. The molecule has 0 N–H and O–H groups in total. The number of halogens is 1. The van der Waals surface area contributed by atoms with Crippen LogP contribution in [0.3, 0.4) is 0 Å². The minimum absolute atomic E-state index is 0.0319. The molecule has 1 aliphatic rings. The lowest BCUT2D eigenvalue weighted by molar-refractivity contribution is 0.0735. The van der Waals surface area contributed by atoms with Crippen LogP contribution in [-0.2, 0) is 13.5 Å². The molecule has 116 valence electrons. The largest absolute Gasteiger partial charge is 0.335 e. The Labute approximate surface area is 129 Å². The number of carbonyl (C=O) groups is 1. The molecule has 0 saturated carbocycles. The van der Waals surface area contributed by atoms with E-state index in [1.54, 1.807) is 23.0 Å². The molecule has 1 fully saturated rings. The molecule has 1 aromatic carbocycles. The number of carbonyl (C=O) groups excluding carboxylic acids is 1. The smallest absolute Gasteiger partial charge is 0.257 e. The Bertz CT molecular complexity index is 695. The zero-order valence-electron chi connectivity index (χ0n) is 12.9. The zero-order chi connectivity index (χ0) is 15.7. The van der Waals surface area contributed by atoms with E-state index < -0.39 is 0 Å². The molecule has 0 aliphatic carbocycles. The number of aryl methyl sites for hydroxylation is 1. The minimum Gasteiger partial charge on any atom is -0.335 e. The Balaban J connectivity index is 1.78. The highest BCUT2D eigenvalue weighted by Gasteiger charge is 2.31. The molecule has 0 radical (unpaired) electrons. The number of benzene rings is 1. The van der Waals surface area contributed by atoms with Gasteiger partial charge in [0, 0.05) is 25.3 Å². The fraction of sp³-hybridized carbons (Fsp3) is 0.412. The molecule has 1 amide bonds. The monoisotopic (exact) mass is 301 g/mol. The van der Waals surface area contributed by atoms with Crippen LogP contribution in [-0.4, -0.2) is 33.2 Å². The van der Waals surface area contributed by atoms with Gasteiger partial charge in [-0.1, -0.05) is 12.1 Å². The van der Waals surface area contributed by atoms with Crippen LogP contribution in [0.4, 0.5) is 4.39 Å². The molecule has 1 aromatic heterocycles. The molecule has 2 aromatic rings. The Morgan fingerprint density at radius 2 is 2.27 bits per heavy atom. The first-order valence-electron chi connectivity index (χ1n) is 7.60. The van der Waals surface area contributed by atoms with Crippen molar-refractivity contribution in [3.63, 3.8) is 0 Å². The molecular weight excluding hydrogens is 281 g/mol. The van der Waals surface area contributed by atoms with Crippen molar-refractivity contribution in [2.24, 2.45) is 7.05 Å². The van der Waals surface area contributed by atoms with E-state index in [1.165, 1.54) is 6.07 Å². The van der Waals surface area contributed by atoms with Crippen molar-refractivity contribution in [2.45, 2.75) is 32.2 Å². The molecule has 1 saturated heterocycles. The Kier molecular flexibility index (Phi) is 3.96. The molecular formula is C17H20FN3O. The van der Waals surface area contributed by atoms with Gasteiger partial charge in [-0.3, -0.25) is 9.48 Å². The lowest BCUT2D eigenvalue weighted by Gasteiger charge is -2.24. The third-order valence-corrected chi connectivity index (χ3v) is 4.46. The quantitative estimate of drug-likeness (QED) is 0.874. The number of amides is 1. The summed E-state index contributed by atoms with van der Waals surface area (Å²) in [5, 5.41) is 4.15. The van der Waals surface area contributed by atoms with Gasteiger partial charge in [0.2, 0.25) is 0 Å². The first-order valence-corrected chi connectivity index (χ1v) is 7.60. The number of hydrogen-bond acceptors (Lipinski definition) is 2. The SMILES string of the molecule is Cc1c(C(=O)N2CCC[C@@H]2Cc2cccc(F)c2)cnn1C. The Morgan fingerprint density at radius 3 is 2.95 bits per heavy atom. The average molecular weight is 301 g/mol. The highest BCUT2D eigenvalue weighted by molar-refractivity contribution is 5.95. The molecule has 4 nitrogen and oxygen atoms in total. The highest BCUT2D eigenvalue weighted by atomic mass is 19.1. The number of aromatic nitrogens is 2. The molecule has 5 heteroatoms. The van der Waals surface area contributed by atoms with Gasteiger partial charge in [-0.15, -0.1) is 0 Å². The molecule has 2 heterocycles. The van der Waals surface area contributed by atoms with Crippen LogP contribution >= 0.6 is 0 Å². The minimum atomic E-state index is -0.225. The molecule has 22 heavy (non-hydrogen) atoms. The molecule has 3 rings (SSSR count). The van der Waals surface area contributed by atoms with Gasteiger partial charge in [0.25, 0.3) is 5.91 Å². The maximum absolute atomic E-state index is 13.3. The van der Waals surface area contributed by atoms with E-state index in [4.69, 9.17) is 0 Å². The molecule has 0 spiro atoms. The first-order chi connectivity index (χ1) is 10.6. The van der Waals surface area contributed by atoms with Crippen molar-refractivity contribution < 1.29 is 9.18 Å². The number of likely N-dealkylation sites (tertiary alicyclic amines) is 1. The fourth-order valence-electron chi connectivity index (χ4n) is 3.11. The van der Waals surface area contributed by atoms with Crippen LogP contribution in [0.2, 0.25) is 0 Å². The number of rotatable bonds is 3. The van der Waals surface area contributed by atoms with Crippen molar-refractivity contribution in [1.29, 1.82) is 0 Å². The van der Waals surface area contributed by atoms with Crippen LogP contribution < -0.4 is 0 Å². The molecule has 0 bridgehead atoms. The van der Waals surface area contributed by atoms with Crippen LogP contribution in [0.1, 0.15) is 34.5 Å². The zero-order valence-corrected chi connectivity index (χ0v) is 12.9. The summed E-state index contributed by atoms with van der Waals surface area (Å²) in [6.45, 7) is 2.66. The molecule has 0 unspecified atom stereocenters. The predicted molar refractivity (Wildman–Crippen MR) is 82.1 cm³/mol. The third kappa shape index (κ3) is 2.75. The van der Waals surface area contributed by atoms with Gasteiger partial charge in [-0.05, 0) is 43.9 Å². The van der Waals surface area contributed by atoms with Gasteiger partial charge in [-0.2, -0.15) is 5.10 Å². The van der Waals surface area contributed by atoms with E-state index >= 15 is 0 Å². The summed E-state index contributed by atoms with van der Waals surface area (Å²) in [5.41, 5.74) is 2.47. The Morgan fingerprint density at radius 1 is 1.45 bits per heavy atom. The predicted octanol–water partition coefficient (Wildman–Crippen LogP) is 2.71. The first kappa shape index (κ1) is 14.8. The maximum atomic E-state index is 13.3. The fourth-order valence-corrected chi connectivity index (χ4v) is 3.11. The van der Waals surface area contributed by atoms with Crippen molar-refractivity contribution in [3.8, 4) is 0 Å². The van der Waals surface area contributed by atoms with Crippen LogP contribution in [0.25, 0.3) is 0 Å². The Hall–Kier alpha value is -2.17. The topological polar surface area (TPSA) is 38.1 Å². The van der Waals surface area contributed by atoms with E-state index in [9.17, 15) is 9.18 Å². The second kappa shape index (κ2) is 5.91. The summed E-state index contributed by atoms with van der Waals surface area (Å²) in [4.78, 5) is 14.7.